The average Bonchev–Trinajstić information content (AvgIpc) is 3.51. The number of benzene rings is 2. The van der Waals surface area contributed by atoms with E-state index < -0.39 is 5.41 Å². The zero-order valence-electron chi connectivity index (χ0n) is 26.3. The normalized spacial score (nSPS) is 24.3. The third-order valence-electron chi connectivity index (χ3n) is 11.1. The molecule has 2 atom stereocenters. The molecule has 1 aromatic heterocycles. The van der Waals surface area contributed by atoms with Crippen LogP contribution in [0.1, 0.15) is 84.8 Å². The molecule has 1 amide bonds. The van der Waals surface area contributed by atoms with E-state index >= 15 is 0 Å². The molecule has 7 rings (SSSR count). The quantitative estimate of drug-likeness (QED) is 0.434. The van der Waals surface area contributed by atoms with Crippen LogP contribution in [0.2, 0.25) is 0 Å². The summed E-state index contributed by atoms with van der Waals surface area (Å²) in [4.78, 5) is 37.6. The highest BCUT2D eigenvalue weighted by molar-refractivity contribution is 6.20. The lowest BCUT2D eigenvalue weighted by atomic mass is 9.70. The molecule has 2 unspecified atom stereocenters. The predicted molar refractivity (Wildman–Crippen MR) is 173 cm³/mol. The van der Waals surface area contributed by atoms with Gasteiger partial charge in [-0.2, -0.15) is 5.26 Å². The second-order valence-electron chi connectivity index (χ2n) is 14.0. The van der Waals surface area contributed by atoms with Gasteiger partial charge in [0.05, 0.1) is 17.2 Å². The third kappa shape index (κ3) is 4.72. The number of nitrogens with two attached hydrogens (primary N) is 1. The number of hydrogen-bond donors (Lipinski definition) is 2. The van der Waals surface area contributed by atoms with Crippen LogP contribution < -0.4 is 10.6 Å². The number of nitrogens with zero attached hydrogens (tertiary/aromatic N) is 4. The Morgan fingerprint density at radius 2 is 1.82 bits per heavy atom. The molecular weight excluding hydrogens is 548 g/mol. The zero-order chi connectivity index (χ0) is 30.7. The van der Waals surface area contributed by atoms with Gasteiger partial charge in [-0.05, 0) is 79.5 Å². The van der Waals surface area contributed by atoms with E-state index in [9.17, 15) is 14.9 Å². The number of aromatic nitrogens is 1. The molecule has 1 saturated carbocycles. The molecule has 8 nitrogen and oxygen atoms in total. The van der Waals surface area contributed by atoms with E-state index in [1.54, 1.807) is 6.07 Å². The lowest BCUT2D eigenvalue weighted by Crippen LogP contribution is -2.50. The van der Waals surface area contributed by atoms with Crippen molar-refractivity contribution in [2.45, 2.75) is 64.3 Å². The summed E-state index contributed by atoms with van der Waals surface area (Å²) in [6.07, 6.45) is 4.87. The van der Waals surface area contributed by atoms with Gasteiger partial charge in [0.25, 0.3) is 0 Å². The first-order chi connectivity index (χ1) is 21.2. The molecule has 0 spiro atoms. The molecule has 3 N–H and O–H groups in total. The van der Waals surface area contributed by atoms with Crippen molar-refractivity contribution in [3.8, 4) is 6.07 Å². The number of hydrogen-bond acceptors (Lipinski definition) is 6. The molecule has 2 saturated heterocycles. The molecular formula is C36H44N6O2. The van der Waals surface area contributed by atoms with Gasteiger partial charge in [0, 0.05) is 85.0 Å². The maximum absolute atomic E-state index is 14.0. The van der Waals surface area contributed by atoms with Crippen molar-refractivity contribution in [2.24, 2.45) is 17.6 Å². The molecule has 230 valence electrons. The van der Waals surface area contributed by atoms with Crippen LogP contribution in [0.15, 0.2) is 30.3 Å². The van der Waals surface area contributed by atoms with Gasteiger partial charge >= 0.3 is 0 Å². The van der Waals surface area contributed by atoms with Gasteiger partial charge in [-0.3, -0.25) is 9.59 Å². The molecule has 4 aliphatic rings. The number of aromatic amines is 1. The van der Waals surface area contributed by atoms with Crippen LogP contribution in [-0.2, 0) is 16.6 Å². The highest BCUT2D eigenvalue weighted by atomic mass is 16.2. The first-order valence-electron chi connectivity index (χ1n) is 16.5. The highest BCUT2D eigenvalue weighted by Gasteiger charge is 2.41. The van der Waals surface area contributed by atoms with E-state index in [4.69, 9.17) is 5.73 Å². The molecule has 2 aliphatic heterocycles. The largest absolute Gasteiger partial charge is 0.368 e. The van der Waals surface area contributed by atoms with E-state index in [-0.39, 0.29) is 11.7 Å². The lowest BCUT2D eigenvalue weighted by molar-refractivity contribution is -0.131. The van der Waals surface area contributed by atoms with Crippen LogP contribution in [0.25, 0.3) is 10.9 Å². The Labute approximate surface area is 260 Å². The number of amides is 1. The summed E-state index contributed by atoms with van der Waals surface area (Å²) in [5.74, 6) is 1.59. The molecule has 2 bridgehead atoms. The van der Waals surface area contributed by atoms with E-state index in [0.29, 0.717) is 29.9 Å². The summed E-state index contributed by atoms with van der Waals surface area (Å²) >= 11 is 0. The fourth-order valence-electron chi connectivity index (χ4n) is 8.51. The number of piperazine rings is 1. The number of nitrogens with one attached hydrogen (secondary N) is 1. The standard InChI is InChI=1S/C36H44N6O2/c1-4-23-17-27-28(36(2,3)35-32(34(27)44)26-10-7-22(19-37)16-29(26)39-35)18-30(23)41-12-14-42(15-13-41)31(43)6-5-11-40-20-24-8-9-25(21-40)33(24)38/h7,10,16-18,24-25,33,39H,4-6,8-9,11-15,20-21,38H2,1-3H3. The second-order valence-corrected chi connectivity index (χ2v) is 14.0. The minimum atomic E-state index is -0.415. The highest BCUT2D eigenvalue weighted by Crippen LogP contribution is 2.46. The molecule has 2 aliphatic carbocycles. The van der Waals surface area contributed by atoms with Crippen molar-refractivity contribution in [1.29, 1.82) is 5.26 Å². The predicted octanol–water partition coefficient (Wildman–Crippen LogP) is 4.57. The van der Waals surface area contributed by atoms with Crippen LogP contribution in [0.5, 0.6) is 0 Å². The van der Waals surface area contributed by atoms with E-state index in [1.807, 2.05) is 17.0 Å². The Morgan fingerprint density at radius 1 is 1.09 bits per heavy atom. The SMILES string of the molecule is CCc1cc2c(cc1N1CCN(C(=O)CCCN3CC4CCC(C3)C4N)CC1)C(C)(C)c1[nH]c3cc(C#N)ccc3c1C2=O. The van der Waals surface area contributed by atoms with Gasteiger partial charge in [0.15, 0.2) is 5.78 Å². The average molecular weight is 593 g/mol. The number of rotatable bonds is 6. The van der Waals surface area contributed by atoms with Crippen molar-refractivity contribution in [3.05, 3.63) is 63.8 Å². The number of carbonyl (C=O) groups is 2. The fraction of sp³-hybridized carbons (Fsp3) is 0.528. The van der Waals surface area contributed by atoms with Crippen molar-refractivity contribution in [2.75, 3.05) is 50.7 Å². The van der Waals surface area contributed by atoms with E-state index in [2.05, 4.69) is 53.8 Å². The number of ketones is 1. The number of aryl methyl sites for hydroxylation is 1. The van der Waals surface area contributed by atoms with Crippen LogP contribution in [0.3, 0.4) is 0 Å². The minimum Gasteiger partial charge on any atom is -0.368 e. The summed E-state index contributed by atoms with van der Waals surface area (Å²) in [6, 6.07) is 12.4. The van der Waals surface area contributed by atoms with Crippen LogP contribution >= 0.6 is 0 Å². The summed E-state index contributed by atoms with van der Waals surface area (Å²) in [6.45, 7) is 12.7. The van der Waals surface area contributed by atoms with Gasteiger partial charge in [0.2, 0.25) is 5.91 Å². The number of H-pyrrole nitrogens is 1. The third-order valence-corrected chi connectivity index (χ3v) is 11.1. The maximum Gasteiger partial charge on any atom is 0.222 e. The molecule has 3 aromatic rings. The first kappa shape index (κ1) is 29.1. The number of nitriles is 1. The Balaban J connectivity index is 1.04. The zero-order valence-corrected chi connectivity index (χ0v) is 26.3. The number of anilines is 1. The summed E-state index contributed by atoms with van der Waals surface area (Å²) in [5.41, 5.74) is 13.1. The molecule has 3 heterocycles. The monoisotopic (exact) mass is 592 g/mol. The molecule has 3 fully saturated rings. The van der Waals surface area contributed by atoms with Crippen LogP contribution in [-0.4, -0.2) is 78.3 Å². The smallest absolute Gasteiger partial charge is 0.222 e. The number of fused-ring (bicyclic) bond motifs is 6. The second kappa shape index (κ2) is 11.0. The number of piperidine rings is 1. The van der Waals surface area contributed by atoms with Gasteiger partial charge in [-0.25, -0.2) is 0 Å². The van der Waals surface area contributed by atoms with Crippen LogP contribution in [0.4, 0.5) is 5.69 Å². The lowest BCUT2D eigenvalue weighted by Gasteiger charge is -2.39. The van der Waals surface area contributed by atoms with Crippen LogP contribution in [0, 0.1) is 23.2 Å². The Hall–Kier alpha value is -3.67. The van der Waals surface area contributed by atoms with Gasteiger partial charge < -0.3 is 25.4 Å². The Morgan fingerprint density at radius 3 is 2.50 bits per heavy atom. The Kier molecular flexibility index (Phi) is 7.30. The summed E-state index contributed by atoms with van der Waals surface area (Å²) in [7, 11) is 0. The summed E-state index contributed by atoms with van der Waals surface area (Å²) < 4.78 is 0. The summed E-state index contributed by atoms with van der Waals surface area (Å²) in [5, 5.41) is 10.3. The molecule has 0 radical (unpaired) electrons. The van der Waals surface area contributed by atoms with Crippen molar-refractivity contribution < 1.29 is 9.59 Å². The van der Waals surface area contributed by atoms with Crippen molar-refractivity contribution >= 4 is 28.3 Å². The fourth-order valence-corrected chi connectivity index (χ4v) is 8.51. The van der Waals surface area contributed by atoms with Crippen molar-refractivity contribution in [1.82, 2.24) is 14.8 Å². The van der Waals surface area contributed by atoms with Gasteiger partial charge in [-0.15, -0.1) is 0 Å². The van der Waals surface area contributed by atoms with E-state index in [0.717, 1.165) is 97.5 Å². The van der Waals surface area contributed by atoms with E-state index in [1.165, 1.54) is 18.5 Å². The van der Waals surface area contributed by atoms with Gasteiger partial charge in [0.1, 0.15) is 0 Å². The first-order valence-corrected chi connectivity index (χ1v) is 16.5. The maximum atomic E-state index is 14.0. The molecule has 8 heteroatoms. The minimum absolute atomic E-state index is 0.0435. The number of carbonyl (C=O) groups excluding carboxylic acids is 2. The topological polar surface area (TPSA) is 109 Å². The Bertz CT molecular complexity index is 1660. The van der Waals surface area contributed by atoms with Crippen molar-refractivity contribution in [3.63, 3.8) is 0 Å². The molecule has 44 heavy (non-hydrogen) atoms. The van der Waals surface area contributed by atoms with Gasteiger partial charge in [-0.1, -0.05) is 26.8 Å². The number of likely N-dealkylation sites (tertiary alicyclic amines) is 1. The molecule has 2 aromatic carbocycles.